The number of hydrogen-bond acceptors (Lipinski definition) is 4. The fraction of sp³-hybridized carbons (Fsp3) is 0.0588. The molecule has 0 aliphatic carbocycles. The van der Waals surface area contributed by atoms with E-state index in [1.165, 1.54) is 0 Å². The minimum atomic E-state index is -4.58. The maximum absolute atomic E-state index is 12.7. The molecule has 0 fully saturated rings. The number of fused-ring (bicyclic) bond motifs is 1. The van der Waals surface area contributed by atoms with E-state index in [-0.39, 0.29) is 21.8 Å². The largest absolute Gasteiger partial charge is 0.478 e. The Labute approximate surface area is 148 Å². The highest BCUT2D eigenvalue weighted by Crippen LogP contribution is 2.36. The molecular formula is C17H11F3N2O3S. The van der Waals surface area contributed by atoms with Crippen molar-refractivity contribution in [1.29, 1.82) is 0 Å². The molecule has 1 aromatic heterocycles. The summed E-state index contributed by atoms with van der Waals surface area (Å²) in [5, 5.41) is 12.4. The van der Waals surface area contributed by atoms with Gasteiger partial charge in [-0.05, 0) is 24.3 Å². The number of nitrogens with two attached hydrogens (primary N) is 1. The van der Waals surface area contributed by atoms with Crippen LogP contribution in [0.4, 0.5) is 23.9 Å². The first kappa shape index (κ1) is 17.7. The van der Waals surface area contributed by atoms with Gasteiger partial charge in [0.05, 0.1) is 11.1 Å². The number of benzene rings is 2. The second kappa shape index (κ2) is 6.34. The molecule has 3 aromatic rings. The Hall–Kier alpha value is -3.07. The van der Waals surface area contributed by atoms with Gasteiger partial charge in [0.2, 0.25) is 0 Å². The summed E-state index contributed by atoms with van der Waals surface area (Å²) in [6.45, 7) is 0. The predicted molar refractivity (Wildman–Crippen MR) is 92.6 cm³/mol. The molecule has 0 spiro atoms. The van der Waals surface area contributed by atoms with Gasteiger partial charge in [0.15, 0.2) is 0 Å². The highest BCUT2D eigenvalue weighted by atomic mass is 32.1. The van der Waals surface area contributed by atoms with Gasteiger partial charge in [-0.15, -0.1) is 11.3 Å². The van der Waals surface area contributed by atoms with Crippen LogP contribution in [0.2, 0.25) is 0 Å². The molecule has 134 valence electrons. The van der Waals surface area contributed by atoms with Crippen LogP contribution >= 0.6 is 11.3 Å². The number of thiophene rings is 1. The van der Waals surface area contributed by atoms with E-state index < -0.39 is 23.6 Å². The van der Waals surface area contributed by atoms with Crippen molar-refractivity contribution in [2.75, 3.05) is 11.1 Å². The molecule has 0 atom stereocenters. The van der Waals surface area contributed by atoms with Crippen LogP contribution in [-0.2, 0) is 6.18 Å². The lowest BCUT2D eigenvalue weighted by Crippen LogP contribution is -2.16. The Morgan fingerprint density at radius 2 is 1.81 bits per heavy atom. The summed E-state index contributed by atoms with van der Waals surface area (Å²) in [7, 11) is 0. The van der Waals surface area contributed by atoms with Gasteiger partial charge < -0.3 is 16.2 Å². The first-order chi connectivity index (χ1) is 12.2. The molecule has 0 saturated carbocycles. The first-order valence-electron chi connectivity index (χ1n) is 7.21. The Morgan fingerprint density at radius 3 is 2.42 bits per heavy atom. The number of nitrogen functional groups attached to an aromatic ring is 1. The third-order valence-corrected chi connectivity index (χ3v) is 4.75. The van der Waals surface area contributed by atoms with Crippen LogP contribution in [0.1, 0.15) is 26.3 Å². The molecule has 0 aliphatic rings. The molecule has 3 rings (SSSR count). The van der Waals surface area contributed by atoms with E-state index >= 15 is 0 Å². The summed E-state index contributed by atoms with van der Waals surface area (Å²) < 4.78 is 38.7. The van der Waals surface area contributed by atoms with Crippen molar-refractivity contribution in [3.8, 4) is 0 Å². The molecule has 9 heteroatoms. The highest BCUT2D eigenvalue weighted by Gasteiger charge is 2.31. The van der Waals surface area contributed by atoms with Crippen LogP contribution in [0.25, 0.3) is 10.1 Å². The second-order valence-electron chi connectivity index (χ2n) is 5.36. The number of anilines is 2. The fourth-order valence-corrected chi connectivity index (χ4v) is 3.55. The second-order valence-corrected chi connectivity index (χ2v) is 6.41. The Morgan fingerprint density at radius 1 is 1.12 bits per heavy atom. The average molecular weight is 380 g/mol. The van der Waals surface area contributed by atoms with Crippen molar-refractivity contribution in [3.05, 3.63) is 59.2 Å². The van der Waals surface area contributed by atoms with E-state index in [4.69, 9.17) is 5.73 Å². The number of carboxylic acids is 1. The zero-order valence-corrected chi connectivity index (χ0v) is 13.7. The molecular weight excluding hydrogens is 369 g/mol. The van der Waals surface area contributed by atoms with E-state index in [0.29, 0.717) is 16.2 Å². The molecule has 0 saturated heterocycles. The van der Waals surface area contributed by atoms with Gasteiger partial charge in [-0.25, -0.2) is 4.79 Å². The smallest absolute Gasteiger partial charge is 0.416 e. The summed E-state index contributed by atoms with van der Waals surface area (Å²) >= 11 is 1.05. The topological polar surface area (TPSA) is 92.4 Å². The molecule has 0 radical (unpaired) electrons. The summed E-state index contributed by atoms with van der Waals surface area (Å²) in [5.74, 6) is -2.01. The SMILES string of the molecule is Nc1cc(C(F)(F)F)ccc1C(=O)Nc1sc2ccccc2c1C(=O)O. The van der Waals surface area contributed by atoms with E-state index in [1.54, 1.807) is 24.3 Å². The third kappa shape index (κ3) is 3.21. The minimum Gasteiger partial charge on any atom is -0.478 e. The molecule has 1 amide bonds. The number of alkyl halides is 3. The molecule has 26 heavy (non-hydrogen) atoms. The van der Waals surface area contributed by atoms with Gasteiger partial charge in [0.25, 0.3) is 5.91 Å². The van der Waals surface area contributed by atoms with Crippen molar-refractivity contribution in [2.24, 2.45) is 0 Å². The molecule has 1 heterocycles. The van der Waals surface area contributed by atoms with E-state index in [0.717, 1.165) is 23.5 Å². The summed E-state index contributed by atoms with van der Waals surface area (Å²) in [6, 6.07) is 9.07. The minimum absolute atomic E-state index is 0.0792. The van der Waals surface area contributed by atoms with E-state index in [2.05, 4.69) is 5.32 Å². The van der Waals surface area contributed by atoms with Crippen molar-refractivity contribution < 1.29 is 27.9 Å². The molecule has 0 unspecified atom stereocenters. The number of carboxylic acid groups (broad SMARTS) is 1. The molecule has 0 bridgehead atoms. The van der Waals surface area contributed by atoms with Crippen LogP contribution in [0.5, 0.6) is 0 Å². The number of aromatic carboxylic acids is 1. The number of hydrogen-bond donors (Lipinski definition) is 3. The Bertz CT molecular complexity index is 1030. The molecule has 0 aliphatic heterocycles. The number of amides is 1. The van der Waals surface area contributed by atoms with Crippen LogP contribution in [0.3, 0.4) is 0 Å². The van der Waals surface area contributed by atoms with Crippen LogP contribution in [0, 0.1) is 0 Å². The monoisotopic (exact) mass is 380 g/mol. The van der Waals surface area contributed by atoms with Crippen molar-refractivity contribution in [1.82, 2.24) is 0 Å². The number of carbonyl (C=O) groups is 2. The third-order valence-electron chi connectivity index (χ3n) is 3.66. The summed E-state index contributed by atoms with van der Waals surface area (Å²) in [4.78, 5) is 23.9. The standard InChI is InChI=1S/C17H11F3N2O3S/c18-17(19,20)8-5-6-9(11(21)7-8)14(23)22-15-13(16(24)25)10-3-1-2-4-12(10)26-15/h1-7H,21H2,(H,22,23)(H,24,25). The molecule has 5 nitrogen and oxygen atoms in total. The van der Waals surface area contributed by atoms with Crippen LogP contribution in [-0.4, -0.2) is 17.0 Å². The van der Waals surface area contributed by atoms with Crippen LogP contribution < -0.4 is 11.1 Å². The summed E-state index contributed by atoms with van der Waals surface area (Å²) in [6.07, 6.45) is -4.58. The maximum Gasteiger partial charge on any atom is 0.416 e. The number of rotatable bonds is 3. The summed E-state index contributed by atoms with van der Waals surface area (Å²) in [5.41, 5.74) is 3.99. The van der Waals surface area contributed by atoms with Gasteiger partial charge in [0, 0.05) is 15.8 Å². The normalized spacial score (nSPS) is 11.5. The Kier molecular flexibility index (Phi) is 4.33. The zero-order valence-electron chi connectivity index (χ0n) is 12.9. The Balaban J connectivity index is 1.97. The van der Waals surface area contributed by atoms with Gasteiger partial charge in [-0.3, -0.25) is 4.79 Å². The number of carbonyl (C=O) groups excluding carboxylic acids is 1. The first-order valence-corrected chi connectivity index (χ1v) is 8.03. The fourth-order valence-electron chi connectivity index (χ4n) is 2.46. The number of nitrogens with one attached hydrogen (secondary N) is 1. The lowest BCUT2D eigenvalue weighted by Gasteiger charge is -2.11. The van der Waals surface area contributed by atoms with Gasteiger partial charge in [0.1, 0.15) is 10.6 Å². The average Bonchev–Trinajstić information content (AvgIpc) is 2.91. The lowest BCUT2D eigenvalue weighted by atomic mass is 10.1. The predicted octanol–water partition coefficient (Wildman–Crippen LogP) is 4.45. The number of halogens is 3. The van der Waals surface area contributed by atoms with E-state index in [1.807, 2.05) is 0 Å². The molecule has 4 N–H and O–H groups in total. The zero-order chi connectivity index (χ0) is 19.1. The highest BCUT2D eigenvalue weighted by molar-refractivity contribution is 7.23. The van der Waals surface area contributed by atoms with Crippen molar-refractivity contribution in [2.45, 2.75) is 6.18 Å². The van der Waals surface area contributed by atoms with Crippen molar-refractivity contribution in [3.63, 3.8) is 0 Å². The molecule has 2 aromatic carbocycles. The van der Waals surface area contributed by atoms with E-state index in [9.17, 15) is 27.9 Å². The van der Waals surface area contributed by atoms with Crippen molar-refractivity contribution >= 4 is 44.0 Å². The van der Waals surface area contributed by atoms with Gasteiger partial charge in [-0.1, -0.05) is 18.2 Å². The lowest BCUT2D eigenvalue weighted by molar-refractivity contribution is -0.137. The quantitative estimate of drug-likeness (QED) is 0.585. The maximum atomic E-state index is 12.7. The van der Waals surface area contributed by atoms with Gasteiger partial charge >= 0.3 is 12.1 Å². The van der Waals surface area contributed by atoms with Gasteiger partial charge in [-0.2, -0.15) is 13.2 Å². The van der Waals surface area contributed by atoms with Crippen LogP contribution in [0.15, 0.2) is 42.5 Å².